The minimum atomic E-state index is -0.541. The Balaban J connectivity index is 2.30. The van der Waals surface area contributed by atoms with Crippen molar-refractivity contribution in [1.82, 2.24) is 10.2 Å². The minimum Gasteiger partial charge on any atom is -0.396 e. The second-order valence-corrected chi connectivity index (χ2v) is 8.94. The molecule has 8 nitrogen and oxygen atoms in total. The molecular formula is C27H37N5O3. The summed E-state index contributed by atoms with van der Waals surface area (Å²) in [5, 5.41) is 16.5. The number of carbonyl (C=O) groups is 2. The number of aliphatic hydroxyl groups is 1. The standard InChI is InChI=1S/C27H37N5O3/c1-4-14-32(15-5-2)27(35)23-13-9-12-22(18-23)26(34)29-24(17-21-10-7-6-8-11-21)25(30-31-28)16-20(3)19-33/h6-13,18,20,24-25,33H,4-5,14-17,19H2,1-3H3,(H,29,34). The van der Waals surface area contributed by atoms with Crippen molar-refractivity contribution in [2.45, 2.75) is 58.5 Å². The van der Waals surface area contributed by atoms with Crippen molar-refractivity contribution in [3.8, 4) is 0 Å². The molecule has 0 aromatic heterocycles. The molecule has 2 aromatic carbocycles. The maximum absolute atomic E-state index is 13.3. The number of aliphatic hydroxyl groups excluding tert-OH is 1. The highest BCUT2D eigenvalue weighted by Gasteiger charge is 2.26. The van der Waals surface area contributed by atoms with Gasteiger partial charge in [0.1, 0.15) is 0 Å². The van der Waals surface area contributed by atoms with Gasteiger partial charge in [-0.05, 0) is 60.9 Å². The molecule has 0 aliphatic rings. The number of amides is 2. The lowest BCUT2D eigenvalue weighted by atomic mass is 9.92. The first-order valence-corrected chi connectivity index (χ1v) is 12.3. The van der Waals surface area contributed by atoms with E-state index < -0.39 is 12.1 Å². The highest BCUT2D eigenvalue weighted by atomic mass is 16.3. The SMILES string of the molecule is CCCN(CCC)C(=O)c1cccc(C(=O)NC(Cc2ccccc2)C(CC(C)CO)N=[N+]=[N-])c1. The molecule has 2 amide bonds. The molecule has 0 fully saturated rings. The van der Waals surface area contributed by atoms with Crippen molar-refractivity contribution in [2.24, 2.45) is 11.0 Å². The molecule has 0 bridgehead atoms. The third-order valence-electron chi connectivity index (χ3n) is 5.88. The molecule has 3 unspecified atom stereocenters. The van der Waals surface area contributed by atoms with E-state index >= 15 is 0 Å². The van der Waals surface area contributed by atoms with Gasteiger partial charge in [0, 0.05) is 41.8 Å². The molecule has 2 rings (SSSR count). The Bertz CT molecular complexity index is 985. The molecule has 0 radical (unpaired) electrons. The van der Waals surface area contributed by atoms with Crippen LogP contribution in [0.2, 0.25) is 0 Å². The lowest BCUT2D eigenvalue weighted by Gasteiger charge is -2.27. The fraction of sp³-hybridized carbons (Fsp3) is 0.481. The highest BCUT2D eigenvalue weighted by molar-refractivity contribution is 5.99. The Morgan fingerprint density at radius 1 is 1.06 bits per heavy atom. The number of nitrogens with one attached hydrogen (secondary N) is 1. The van der Waals surface area contributed by atoms with Gasteiger partial charge in [0.25, 0.3) is 11.8 Å². The molecule has 3 atom stereocenters. The van der Waals surface area contributed by atoms with Gasteiger partial charge in [-0.25, -0.2) is 0 Å². The summed E-state index contributed by atoms with van der Waals surface area (Å²) in [5.74, 6) is -0.523. The zero-order valence-electron chi connectivity index (χ0n) is 20.9. The van der Waals surface area contributed by atoms with Crippen LogP contribution in [0.4, 0.5) is 0 Å². The van der Waals surface area contributed by atoms with Gasteiger partial charge in [-0.15, -0.1) is 0 Å². The Morgan fingerprint density at radius 3 is 2.31 bits per heavy atom. The highest BCUT2D eigenvalue weighted by Crippen LogP contribution is 2.18. The molecule has 0 aliphatic carbocycles. The number of benzene rings is 2. The van der Waals surface area contributed by atoms with Crippen LogP contribution in [0.3, 0.4) is 0 Å². The van der Waals surface area contributed by atoms with Crippen molar-refractivity contribution in [1.29, 1.82) is 0 Å². The maximum Gasteiger partial charge on any atom is 0.253 e. The molecule has 0 heterocycles. The molecule has 0 saturated heterocycles. The summed E-state index contributed by atoms with van der Waals surface area (Å²) in [5.41, 5.74) is 11.0. The summed E-state index contributed by atoms with van der Waals surface area (Å²) in [7, 11) is 0. The van der Waals surface area contributed by atoms with Crippen LogP contribution in [0, 0.1) is 5.92 Å². The van der Waals surface area contributed by atoms with Crippen LogP contribution >= 0.6 is 0 Å². The van der Waals surface area contributed by atoms with Crippen molar-refractivity contribution >= 4 is 11.8 Å². The predicted octanol–water partition coefficient (Wildman–Crippen LogP) is 4.99. The molecule has 8 heteroatoms. The Morgan fingerprint density at radius 2 is 1.71 bits per heavy atom. The second-order valence-electron chi connectivity index (χ2n) is 8.94. The van der Waals surface area contributed by atoms with Gasteiger partial charge < -0.3 is 15.3 Å². The van der Waals surface area contributed by atoms with Crippen molar-refractivity contribution in [3.63, 3.8) is 0 Å². The Labute approximate surface area is 208 Å². The van der Waals surface area contributed by atoms with E-state index in [0.717, 1.165) is 18.4 Å². The summed E-state index contributed by atoms with van der Waals surface area (Å²) in [6.45, 7) is 7.22. The molecule has 0 spiro atoms. The van der Waals surface area contributed by atoms with Crippen LogP contribution in [0.15, 0.2) is 59.7 Å². The first-order chi connectivity index (χ1) is 16.9. The molecule has 2 aromatic rings. The van der Waals surface area contributed by atoms with Crippen LogP contribution in [0.25, 0.3) is 10.4 Å². The largest absolute Gasteiger partial charge is 0.396 e. The Kier molecular flexibility index (Phi) is 11.8. The van der Waals surface area contributed by atoms with Crippen molar-refractivity contribution in [2.75, 3.05) is 19.7 Å². The fourth-order valence-corrected chi connectivity index (χ4v) is 4.08. The number of nitrogens with zero attached hydrogens (tertiary/aromatic N) is 4. The van der Waals surface area contributed by atoms with E-state index in [1.54, 1.807) is 24.3 Å². The van der Waals surface area contributed by atoms with Gasteiger partial charge in [0.05, 0.1) is 6.04 Å². The van der Waals surface area contributed by atoms with E-state index in [-0.39, 0.29) is 24.3 Å². The number of rotatable bonds is 14. The van der Waals surface area contributed by atoms with E-state index in [1.807, 2.05) is 56.0 Å². The zero-order valence-corrected chi connectivity index (χ0v) is 20.9. The van der Waals surface area contributed by atoms with Crippen LogP contribution < -0.4 is 5.32 Å². The third-order valence-corrected chi connectivity index (χ3v) is 5.88. The summed E-state index contributed by atoms with van der Waals surface area (Å²) in [6, 6.07) is 15.4. The van der Waals surface area contributed by atoms with Crippen molar-refractivity contribution in [3.05, 3.63) is 81.7 Å². The third kappa shape index (κ3) is 8.74. The maximum atomic E-state index is 13.3. The van der Waals surface area contributed by atoms with Gasteiger partial charge >= 0.3 is 0 Å². The number of hydrogen-bond acceptors (Lipinski definition) is 4. The fourth-order valence-electron chi connectivity index (χ4n) is 4.08. The van der Waals surface area contributed by atoms with Gasteiger partial charge in [0.2, 0.25) is 0 Å². The smallest absolute Gasteiger partial charge is 0.253 e. The molecule has 0 saturated carbocycles. The molecular weight excluding hydrogens is 442 g/mol. The summed E-state index contributed by atoms with van der Waals surface area (Å²) < 4.78 is 0. The number of hydrogen-bond donors (Lipinski definition) is 2. The van der Waals surface area contributed by atoms with E-state index in [4.69, 9.17) is 5.53 Å². The first-order valence-electron chi connectivity index (χ1n) is 12.3. The molecule has 2 N–H and O–H groups in total. The van der Waals surface area contributed by atoms with E-state index in [9.17, 15) is 14.7 Å². The lowest BCUT2D eigenvalue weighted by Crippen LogP contribution is -2.45. The zero-order chi connectivity index (χ0) is 25.6. The van der Waals surface area contributed by atoms with Crippen LogP contribution in [0.5, 0.6) is 0 Å². The van der Waals surface area contributed by atoms with Crippen LogP contribution in [0.1, 0.15) is 66.3 Å². The summed E-state index contributed by atoms with van der Waals surface area (Å²) >= 11 is 0. The molecule has 0 aliphatic heterocycles. The number of carbonyl (C=O) groups excluding carboxylic acids is 2. The topological polar surface area (TPSA) is 118 Å². The van der Waals surface area contributed by atoms with Gasteiger partial charge in [0.15, 0.2) is 0 Å². The summed E-state index contributed by atoms with van der Waals surface area (Å²) in [6.07, 6.45) is 2.62. The van der Waals surface area contributed by atoms with Gasteiger partial charge in [-0.3, -0.25) is 9.59 Å². The quantitative estimate of drug-likeness (QED) is 0.226. The monoisotopic (exact) mass is 479 g/mol. The molecule has 35 heavy (non-hydrogen) atoms. The van der Waals surface area contributed by atoms with E-state index in [0.29, 0.717) is 37.1 Å². The number of azide groups is 1. The van der Waals surface area contributed by atoms with Gasteiger partial charge in [-0.2, -0.15) is 0 Å². The minimum absolute atomic E-state index is 0.0420. The average molecular weight is 480 g/mol. The first kappa shape index (κ1) is 27.9. The van der Waals surface area contributed by atoms with Crippen LogP contribution in [-0.4, -0.2) is 53.6 Å². The van der Waals surface area contributed by atoms with E-state index in [2.05, 4.69) is 15.3 Å². The molecule has 188 valence electrons. The second kappa shape index (κ2) is 14.8. The summed E-state index contributed by atoms with van der Waals surface area (Å²) in [4.78, 5) is 31.1. The predicted molar refractivity (Wildman–Crippen MR) is 138 cm³/mol. The lowest BCUT2D eigenvalue weighted by molar-refractivity contribution is 0.0755. The Hall–Kier alpha value is -3.35. The normalized spacial score (nSPS) is 13.3. The van der Waals surface area contributed by atoms with Crippen molar-refractivity contribution < 1.29 is 14.7 Å². The average Bonchev–Trinajstić information content (AvgIpc) is 2.88. The van der Waals surface area contributed by atoms with Gasteiger partial charge in [-0.1, -0.05) is 62.3 Å². The van der Waals surface area contributed by atoms with E-state index in [1.165, 1.54) is 0 Å². The van der Waals surface area contributed by atoms with Crippen LogP contribution in [-0.2, 0) is 6.42 Å².